The number of benzene rings is 1. The van der Waals surface area contributed by atoms with E-state index in [4.69, 9.17) is 20.8 Å². The van der Waals surface area contributed by atoms with Crippen LogP contribution in [0.5, 0.6) is 11.5 Å². The molecule has 1 N–H and O–H groups in total. The fourth-order valence-corrected chi connectivity index (χ4v) is 1.86. The van der Waals surface area contributed by atoms with Gasteiger partial charge in [0.05, 0.1) is 19.9 Å². The van der Waals surface area contributed by atoms with E-state index in [0.717, 1.165) is 5.56 Å². The molecule has 0 aromatic heterocycles. The van der Waals surface area contributed by atoms with E-state index in [1.165, 1.54) is 14.2 Å². The summed E-state index contributed by atoms with van der Waals surface area (Å²) in [6, 6.07) is 3.56. The minimum atomic E-state index is -0.594. The summed E-state index contributed by atoms with van der Waals surface area (Å²) >= 11 is 0. The van der Waals surface area contributed by atoms with Crippen LogP contribution in [0.25, 0.3) is 4.85 Å². The molecule has 0 aliphatic heterocycles. The molecule has 0 spiro atoms. The van der Waals surface area contributed by atoms with Crippen LogP contribution in [0.1, 0.15) is 26.3 Å². The normalized spacial score (nSPS) is 10.5. The quantitative estimate of drug-likeness (QED) is 0.846. The van der Waals surface area contributed by atoms with Crippen molar-refractivity contribution in [1.82, 2.24) is 0 Å². The van der Waals surface area contributed by atoms with Crippen molar-refractivity contribution in [2.75, 3.05) is 26.1 Å². The number of nitrogens with zero attached hydrogens (tertiary/aromatic N) is 1. The number of ether oxygens (including phenoxy) is 3. The monoisotopic (exact) mass is 306 g/mol. The van der Waals surface area contributed by atoms with E-state index < -0.39 is 11.7 Å². The number of amides is 1. The summed E-state index contributed by atoms with van der Waals surface area (Å²) in [4.78, 5) is 15.3. The van der Waals surface area contributed by atoms with E-state index in [1.807, 2.05) is 0 Å². The first-order chi connectivity index (χ1) is 10.3. The maximum atomic E-state index is 11.9. The Bertz CT molecular complexity index is 571. The van der Waals surface area contributed by atoms with Gasteiger partial charge in [-0.15, -0.1) is 0 Å². The molecule has 0 fully saturated rings. The van der Waals surface area contributed by atoms with E-state index in [9.17, 15) is 4.79 Å². The second-order valence-corrected chi connectivity index (χ2v) is 5.64. The van der Waals surface area contributed by atoms with E-state index in [0.29, 0.717) is 30.2 Å². The minimum absolute atomic E-state index is 0.362. The molecule has 6 nitrogen and oxygen atoms in total. The van der Waals surface area contributed by atoms with E-state index >= 15 is 0 Å². The number of carbonyl (C=O) groups excluding carboxylic acids is 1. The Morgan fingerprint density at radius 1 is 1.27 bits per heavy atom. The van der Waals surface area contributed by atoms with Gasteiger partial charge in [0.2, 0.25) is 6.54 Å². The largest absolute Gasteiger partial charge is 0.493 e. The van der Waals surface area contributed by atoms with Gasteiger partial charge in [0, 0.05) is 6.42 Å². The van der Waals surface area contributed by atoms with Gasteiger partial charge in [0.15, 0.2) is 11.5 Å². The lowest BCUT2D eigenvalue weighted by Crippen LogP contribution is -2.27. The van der Waals surface area contributed by atoms with Crippen LogP contribution in [0.2, 0.25) is 0 Å². The number of anilines is 1. The molecule has 120 valence electrons. The lowest BCUT2D eigenvalue weighted by Gasteiger charge is -2.21. The molecule has 0 unspecified atom stereocenters. The first-order valence-electron chi connectivity index (χ1n) is 6.89. The second-order valence-electron chi connectivity index (χ2n) is 5.64. The number of hydrogen-bond acceptors (Lipinski definition) is 4. The van der Waals surface area contributed by atoms with Gasteiger partial charge in [-0.1, -0.05) is 0 Å². The van der Waals surface area contributed by atoms with Gasteiger partial charge in [-0.3, -0.25) is 5.32 Å². The van der Waals surface area contributed by atoms with Gasteiger partial charge in [0.1, 0.15) is 5.60 Å². The lowest BCUT2D eigenvalue weighted by atomic mass is 10.1. The number of rotatable bonds is 5. The summed E-state index contributed by atoms with van der Waals surface area (Å²) in [6.45, 7) is 12.6. The topological polar surface area (TPSA) is 61.2 Å². The molecule has 0 radical (unpaired) electrons. The summed E-state index contributed by atoms with van der Waals surface area (Å²) in [5.74, 6) is 0.913. The molecule has 0 heterocycles. The van der Waals surface area contributed by atoms with Gasteiger partial charge >= 0.3 is 6.09 Å². The molecular weight excluding hydrogens is 284 g/mol. The van der Waals surface area contributed by atoms with Crippen LogP contribution in [0.4, 0.5) is 10.5 Å². The van der Waals surface area contributed by atoms with Crippen LogP contribution < -0.4 is 14.8 Å². The minimum Gasteiger partial charge on any atom is -0.493 e. The highest BCUT2D eigenvalue weighted by molar-refractivity contribution is 5.88. The number of hydrogen-bond donors (Lipinski definition) is 1. The van der Waals surface area contributed by atoms with Gasteiger partial charge < -0.3 is 19.1 Å². The SMILES string of the molecule is [C-]#[N+]CCc1cc(NC(=O)OC(C)(C)C)c(OC)c(OC)c1. The number of carbonyl (C=O) groups is 1. The predicted molar refractivity (Wildman–Crippen MR) is 84.6 cm³/mol. The molecule has 1 aromatic rings. The average Bonchev–Trinajstić information content (AvgIpc) is 2.42. The molecular formula is C16H22N2O4. The molecule has 0 bridgehead atoms. The third kappa shape index (κ3) is 5.17. The number of nitrogens with one attached hydrogen (secondary N) is 1. The molecule has 1 rings (SSSR count). The van der Waals surface area contributed by atoms with Crippen molar-refractivity contribution in [2.24, 2.45) is 0 Å². The highest BCUT2D eigenvalue weighted by atomic mass is 16.6. The van der Waals surface area contributed by atoms with Crippen molar-refractivity contribution in [3.63, 3.8) is 0 Å². The Kier molecular flexibility index (Phi) is 6.05. The average molecular weight is 306 g/mol. The van der Waals surface area contributed by atoms with Gasteiger partial charge in [-0.25, -0.2) is 11.4 Å². The van der Waals surface area contributed by atoms with Crippen LogP contribution in [-0.4, -0.2) is 32.5 Å². The zero-order chi connectivity index (χ0) is 16.8. The van der Waals surface area contributed by atoms with E-state index in [2.05, 4.69) is 10.2 Å². The Balaban J connectivity index is 3.09. The maximum Gasteiger partial charge on any atom is 0.412 e. The smallest absolute Gasteiger partial charge is 0.412 e. The summed E-state index contributed by atoms with van der Waals surface area (Å²) in [7, 11) is 3.02. The van der Waals surface area contributed by atoms with Crippen molar-refractivity contribution in [3.05, 3.63) is 29.1 Å². The molecule has 0 saturated heterocycles. The fourth-order valence-electron chi connectivity index (χ4n) is 1.86. The number of methoxy groups -OCH3 is 2. The van der Waals surface area contributed by atoms with Crippen molar-refractivity contribution in [2.45, 2.75) is 32.8 Å². The Hall–Kier alpha value is -2.42. The molecule has 1 amide bonds. The van der Waals surface area contributed by atoms with Gasteiger partial charge in [-0.2, -0.15) is 0 Å². The predicted octanol–water partition coefficient (Wildman–Crippen LogP) is 3.51. The highest BCUT2D eigenvalue weighted by Gasteiger charge is 2.20. The molecule has 22 heavy (non-hydrogen) atoms. The molecule has 1 aromatic carbocycles. The Morgan fingerprint density at radius 3 is 2.45 bits per heavy atom. The van der Waals surface area contributed by atoms with Crippen molar-refractivity contribution in [3.8, 4) is 11.5 Å². The Morgan fingerprint density at radius 2 is 1.95 bits per heavy atom. The third-order valence-corrected chi connectivity index (χ3v) is 2.69. The third-order valence-electron chi connectivity index (χ3n) is 2.69. The summed E-state index contributed by atoms with van der Waals surface area (Å²) in [5.41, 5.74) is 0.735. The molecule has 0 aliphatic rings. The Labute approximate surface area is 131 Å². The van der Waals surface area contributed by atoms with Crippen LogP contribution in [0.3, 0.4) is 0 Å². The maximum absolute atomic E-state index is 11.9. The molecule has 6 heteroatoms. The zero-order valence-corrected chi connectivity index (χ0v) is 13.6. The highest BCUT2D eigenvalue weighted by Crippen LogP contribution is 2.37. The standard InChI is InChI=1S/C16H22N2O4/c1-16(2,3)22-15(19)18-12-9-11(7-8-17-4)10-13(20-5)14(12)21-6/h9-10H,7-8H2,1-3,5-6H3,(H,18,19). The van der Waals surface area contributed by atoms with Crippen molar-refractivity contribution in [1.29, 1.82) is 0 Å². The molecule has 0 aliphatic carbocycles. The summed E-state index contributed by atoms with van der Waals surface area (Å²) in [5, 5.41) is 2.67. The van der Waals surface area contributed by atoms with Gasteiger partial charge in [-0.05, 0) is 38.5 Å². The zero-order valence-electron chi connectivity index (χ0n) is 13.6. The van der Waals surface area contributed by atoms with Gasteiger partial charge in [0.25, 0.3) is 0 Å². The van der Waals surface area contributed by atoms with E-state index in [-0.39, 0.29) is 0 Å². The van der Waals surface area contributed by atoms with Crippen molar-refractivity contribution < 1.29 is 19.0 Å². The van der Waals surface area contributed by atoms with Crippen molar-refractivity contribution >= 4 is 11.8 Å². The summed E-state index contributed by atoms with van der Waals surface area (Å²) < 4.78 is 15.8. The summed E-state index contributed by atoms with van der Waals surface area (Å²) in [6.07, 6.45) is -0.0116. The first-order valence-corrected chi connectivity index (χ1v) is 6.89. The molecule has 0 saturated carbocycles. The second kappa shape index (κ2) is 7.55. The van der Waals surface area contributed by atoms with Crippen LogP contribution in [-0.2, 0) is 11.2 Å². The van der Waals surface area contributed by atoms with Crippen LogP contribution in [0.15, 0.2) is 12.1 Å². The lowest BCUT2D eigenvalue weighted by molar-refractivity contribution is 0.0635. The van der Waals surface area contributed by atoms with Crippen LogP contribution >= 0.6 is 0 Å². The first kappa shape index (κ1) is 17.6. The van der Waals surface area contributed by atoms with Crippen LogP contribution in [0, 0.1) is 6.57 Å². The van der Waals surface area contributed by atoms with E-state index in [1.54, 1.807) is 32.9 Å². The molecule has 0 atom stereocenters. The fraction of sp³-hybridized carbons (Fsp3) is 0.500.